The monoisotopic (exact) mass is 394 g/mol. The number of ether oxygens (including phenoxy) is 1. The van der Waals surface area contributed by atoms with Gasteiger partial charge in [-0.05, 0) is 49.9 Å². The number of hydrogen-bond donors (Lipinski definition) is 2. The molecule has 2 N–H and O–H groups in total. The molecule has 29 heavy (non-hydrogen) atoms. The van der Waals surface area contributed by atoms with Gasteiger partial charge in [-0.25, -0.2) is 0 Å². The van der Waals surface area contributed by atoms with Crippen molar-refractivity contribution in [1.82, 2.24) is 5.32 Å². The quantitative estimate of drug-likeness (QED) is 0.705. The average Bonchev–Trinajstić information content (AvgIpc) is 2.74. The number of anilines is 1. The average molecular weight is 395 g/mol. The maximum absolute atomic E-state index is 12.9. The lowest BCUT2D eigenvalue weighted by molar-refractivity contribution is -0.122. The predicted molar refractivity (Wildman–Crippen MR) is 115 cm³/mol. The first kappa shape index (κ1) is 20.9. The van der Waals surface area contributed by atoms with Gasteiger partial charge in [0.05, 0.1) is 11.3 Å². The van der Waals surface area contributed by atoms with Crippen molar-refractivity contribution >= 4 is 17.5 Å². The zero-order chi connectivity index (χ0) is 20.6. The molecule has 1 atom stereocenters. The summed E-state index contributed by atoms with van der Waals surface area (Å²) in [7, 11) is 0. The summed E-state index contributed by atoms with van der Waals surface area (Å²) in [5.74, 6) is 0.298. The number of carbonyl (C=O) groups excluding carboxylic acids is 2. The van der Waals surface area contributed by atoms with E-state index in [-0.39, 0.29) is 17.9 Å². The van der Waals surface area contributed by atoms with Crippen molar-refractivity contribution in [3.05, 3.63) is 59.7 Å². The highest BCUT2D eigenvalue weighted by molar-refractivity contribution is 6.04. The van der Waals surface area contributed by atoms with Crippen molar-refractivity contribution in [2.75, 3.05) is 5.32 Å². The van der Waals surface area contributed by atoms with Crippen molar-refractivity contribution in [3.8, 4) is 5.75 Å². The molecule has 2 amide bonds. The third-order valence-corrected chi connectivity index (χ3v) is 5.40. The van der Waals surface area contributed by atoms with E-state index in [9.17, 15) is 9.59 Å². The van der Waals surface area contributed by atoms with E-state index in [0.717, 1.165) is 31.2 Å². The minimum Gasteiger partial charge on any atom is -0.480 e. The smallest absolute Gasteiger partial charge is 0.265 e. The topological polar surface area (TPSA) is 67.4 Å². The van der Waals surface area contributed by atoms with Gasteiger partial charge in [-0.1, -0.05) is 56.5 Å². The SMILES string of the molecule is CCC(Oc1ccccc1C)C(=O)Nc1ccccc1C(=O)NC1CCCCC1. The lowest BCUT2D eigenvalue weighted by Gasteiger charge is -2.23. The Morgan fingerprint density at radius 3 is 2.45 bits per heavy atom. The molecule has 1 aliphatic rings. The Bertz CT molecular complexity index is 844. The maximum atomic E-state index is 12.9. The number of amides is 2. The van der Waals surface area contributed by atoms with E-state index in [0.29, 0.717) is 23.4 Å². The second-order valence-corrected chi connectivity index (χ2v) is 7.62. The largest absolute Gasteiger partial charge is 0.480 e. The minimum absolute atomic E-state index is 0.138. The number of para-hydroxylation sites is 2. The number of benzene rings is 2. The first-order chi connectivity index (χ1) is 14.1. The van der Waals surface area contributed by atoms with Crippen LogP contribution in [0.5, 0.6) is 5.75 Å². The van der Waals surface area contributed by atoms with Crippen LogP contribution in [0.1, 0.15) is 61.4 Å². The van der Waals surface area contributed by atoms with Crippen molar-refractivity contribution in [1.29, 1.82) is 0 Å². The van der Waals surface area contributed by atoms with Gasteiger partial charge in [-0.2, -0.15) is 0 Å². The van der Waals surface area contributed by atoms with Gasteiger partial charge in [0.2, 0.25) is 0 Å². The molecular formula is C24H30N2O3. The Hall–Kier alpha value is -2.82. The van der Waals surface area contributed by atoms with Gasteiger partial charge in [-0.3, -0.25) is 9.59 Å². The third-order valence-electron chi connectivity index (χ3n) is 5.40. The van der Waals surface area contributed by atoms with Crippen LogP contribution in [-0.4, -0.2) is 24.0 Å². The van der Waals surface area contributed by atoms with E-state index in [2.05, 4.69) is 10.6 Å². The summed E-state index contributed by atoms with van der Waals surface area (Å²) in [5, 5.41) is 6.01. The Kier molecular flexibility index (Phi) is 7.28. The van der Waals surface area contributed by atoms with Crippen molar-refractivity contribution in [3.63, 3.8) is 0 Å². The Morgan fingerprint density at radius 2 is 1.72 bits per heavy atom. The molecule has 5 heteroatoms. The molecule has 0 aliphatic heterocycles. The van der Waals surface area contributed by atoms with Crippen LogP contribution in [0.25, 0.3) is 0 Å². The highest BCUT2D eigenvalue weighted by atomic mass is 16.5. The van der Waals surface area contributed by atoms with Crippen LogP contribution in [-0.2, 0) is 4.79 Å². The van der Waals surface area contributed by atoms with E-state index < -0.39 is 6.10 Å². The van der Waals surface area contributed by atoms with Crippen LogP contribution < -0.4 is 15.4 Å². The summed E-state index contributed by atoms with van der Waals surface area (Å²) >= 11 is 0. The first-order valence-electron chi connectivity index (χ1n) is 10.5. The number of carbonyl (C=O) groups is 2. The summed E-state index contributed by atoms with van der Waals surface area (Å²) in [6.07, 6.45) is 5.46. The second kappa shape index (κ2) is 10.1. The molecule has 2 aromatic rings. The fourth-order valence-electron chi connectivity index (χ4n) is 3.68. The standard InChI is InChI=1S/C24H30N2O3/c1-3-21(29-22-16-10-7-11-17(22)2)24(28)26-20-15-9-8-14-19(20)23(27)25-18-12-5-4-6-13-18/h7-11,14-16,18,21H,3-6,12-13H2,1-2H3,(H,25,27)(H,26,28). The molecular weight excluding hydrogens is 364 g/mol. The van der Waals surface area contributed by atoms with Crippen molar-refractivity contribution in [2.45, 2.75) is 64.5 Å². The molecule has 154 valence electrons. The summed E-state index contributed by atoms with van der Waals surface area (Å²) in [6.45, 7) is 3.86. The molecule has 0 spiro atoms. The molecule has 1 unspecified atom stereocenters. The van der Waals surface area contributed by atoms with Crippen LogP contribution in [0.4, 0.5) is 5.69 Å². The zero-order valence-corrected chi connectivity index (χ0v) is 17.2. The van der Waals surface area contributed by atoms with E-state index in [1.54, 1.807) is 12.1 Å². The van der Waals surface area contributed by atoms with Crippen molar-refractivity contribution < 1.29 is 14.3 Å². The van der Waals surface area contributed by atoms with Crippen LogP contribution in [0, 0.1) is 6.92 Å². The zero-order valence-electron chi connectivity index (χ0n) is 17.2. The Labute approximate surface area is 172 Å². The van der Waals surface area contributed by atoms with Crippen LogP contribution in [0.15, 0.2) is 48.5 Å². The molecule has 1 aliphatic carbocycles. The number of nitrogens with one attached hydrogen (secondary N) is 2. The van der Waals surface area contributed by atoms with Crippen molar-refractivity contribution in [2.24, 2.45) is 0 Å². The summed E-state index contributed by atoms with van der Waals surface area (Å²) < 4.78 is 5.94. The molecule has 0 heterocycles. The predicted octanol–water partition coefficient (Wildman–Crippen LogP) is 4.85. The molecule has 1 fully saturated rings. The van der Waals surface area contributed by atoms with Gasteiger partial charge in [-0.15, -0.1) is 0 Å². The van der Waals surface area contributed by atoms with E-state index in [1.165, 1.54) is 6.42 Å². The number of hydrogen-bond acceptors (Lipinski definition) is 3. The van der Waals surface area contributed by atoms with Crippen LogP contribution in [0.2, 0.25) is 0 Å². The van der Waals surface area contributed by atoms with Gasteiger partial charge in [0.1, 0.15) is 5.75 Å². The molecule has 1 saturated carbocycles. The number of aryl methyl sites for hydroxylation is 1. The van der Waals surface area contributed by atoms with Crippen LogP contribution >= 0.6 is 0 Å². The summed E-state index contributed by atoms with van der Waals surface area (Å²) in [5.41, 5.74) is 1.97. The highest BCUT2D eigenvalue weighted by Gasteiger charge is 2.23. The highest BCUT2D eigenvalue weighted by Crippen LogP contribution is 2.22. The molecule has 0 bridgehead atoms. The van der Waals surface area contributed by atoms with E-state index in [4.69, 9.17) is 4.74 Å². The van der Waals surface area contributed by atoms with Gasteiger partial charge in [0.25, 0.3) is 11.8 Å². The van der Waals surface area contributed by atoms with Gasteiger partial charge < -0.3 is 15.4 Å². The molecule has 0 radical (unpaired) electrons. The van der Waals surface area contributed by atoms with E-state index >= 15 is 0 Å². The molecule has 5 nitrogen and oxygen atoms in total. The summed E-state index contributed by atoms with van der Waals surface area (Å²) in [6, 6.07) is 15.0. The maximum Gasteiger partial charge on any atom is 0.265 e. The lowest BCUT2D eigenvalue weighted by atomic mass is 9.95. The lowest BCUT2D eigenvalue weighted by Crippen LogP contribution is -2.37. The fraction of sp³-hybridized carbons (Fsp3) is 0.417. The molecule has 0 saturated heterocycles. The first-order valence-corrected chi connectivity index (χ1v) is 10.5. The minimum atomic E-state index is -0.634. The fourth-order valence-corrected chi connectivity index (χ4v) is 3.68. The second-order valence-electron chi connectivity index (χ2n) is 7.62. The summed E-state index contributed by atoms with van der Waals surface area (Å²) in [4.78, 5) is 25.7. The third kappa shape index (κ3) is 5.59. The van der Waals surface area contributed by atoms with E-state index in [1.807, 2.05) is 50.2 Å². The Balaban J connectivity index is 1.69. The van der Waals surface area contributed by atoms with Gasteiger partial charge in [0.15, 0.2) is 6.10 Å². The van der Waals surface area contributed by atoms with Gasteiger partial charge in [0, 0.05) is 6.04 Å². The van der Waals surface area contributed by atoms with Gasteiger partial charge >= 0.3 is 0 Å². The molecule has 2 aromatic carbocycles. The normalized spacial score (nSPS) is 15.4. The number of rotatable bonds is 7. The Morgan fingerprint density at radius 1 is 1.03 bits per heavy atom. The molecule has 0 aromatic heterocycles. The molecule has 3 rings (SSSR count). The van der Waals surface area contributed by atoms with Crippen LogP contribution in [0.3, 0.4) is 0 Å².